The molecule has 2 N–H and O–H groups in total. The van der Waals surface area contributed by atoms with Gasteiger partial charge in [-0.25, -0.2) is 4.98 Å². The van der Waals surface area contributed by atoms with Crippen LogP contribution in [0.4, 0.5) is 5.13 Å². The van der Waals surface area contributed by atoms with Crippen LogP contribution in [0.5, 0.6) is 0 Å². The average Bonchev–Trinajstić information content (AvgIpc) is 2.82. The summed E-state index contributed by atoms with van der Waals surface area (Å²) in [6, 6.07) is 0. The van der Waals surface area contributed by atoms with E-state index in [2.05, 4.69) is 15.1 Å². The van der Waals surface area contributed by atoms with E-state index in [1.54, 1.807) is 7.11 Å². The Balaban J connectivity index is 2.21. The number of hydrogen-bond acceptors (Lipinski definition) is 7. The van der Waals surface area contributed by atoms with E-state index in [1.165, 1.54) is 11.3 Å². The highest BCUT2D eigenvalue weighted by Crippen LogP contribution is 2.29. The third-order valence-corrected chi connectivity index (χ3v) is 2.98. The van der Waals surface area contributed by atoms with Crippen LogP contribution in [-0.4, -0.2) is 28.8 Å². The predicted molar refractivity (Wildman–Crippen MR) is 60.1 cm³/mol. The number of thiazole rings is 1. The molecular formula is C9H12N4O2S. The van der Waals surface area contributed by atoms with Gasteiger partial charge in [-0.2, -0.15) is 4.98 Å². The first-order valence-electron chi connectivity index (χ1n) is 4.75. The van der Waals surface area contributed by atoms with Crippen molar-refractivity contribution >= 4 is 16.5 Å². The summed E-state index contributed by atoms with van der Waals surface area (Å²) in [6.45, 7) is 2.43. The van der Waals surface area contributed by atoms with Gasteiger partial charge in [-0.3, -0.25) is 0 Å². The maximum absolute atomic E-state index is 5.60. The number of rotatable bonds is 4. The quantitative estimate of drug-likeness (QED) is 0.866. The fourth-order valence-corrected chi connectivity index (χ4v) is 2.01. The van der Waals surface area contributed by atoms with Gasteiger partial charge in [0.1, 0.15) is 4.88 Å². The van der Waals surface area contributed by atoms with Crippen LogP contribution in [0.25, 0.3) is 10.8 Å². The second-order valence-corrected chi connectivity index (χ2v) is 4.26. The second kappa shape index (κ2) is 4.58. The fraction of sp³-hybridized carbons (Fsp3) is 0.444. The molecule has 0 aliphatic rings. The molecule has 0 spiro atoms. The molecule has 0 amide bonds. The van der Waals surface area contributed by atoms with Gasteiger partial charge in [-0.1, -0.05) is 16.5 Å². The highest BCUT2D eigenvalue weighted by atomic mass is 32.1. The molecule has 0 saturated heterocycles. The van der Waals surface area contributed by atoms with E-state index in [9.17, 15) is 0 Å². The van der Waals surface area contributed by atoms with Crippen molar-refractivity contribution in [3.63, 3.8) is 0 Å². The Morgan fingerprint density at radius 3 is 2.88 bits per heavy atom. The van der Waals surface area contributed by atoms with Crippen LogP contribution in [0.2, 0.25) is 0 Å². The van der Waals surface area contributed by atoms with Crippen molar-refractivity contribution in [3.05, 3.63) is 11.5 Å². The molecule has 0 atom stereocenters. The monoisotopic (exact) mass is 240 g/mol. The molecule has 0 unspecified atom stereocenters. The normalized spacial score (nSPS) is 10.9. The molecule has 6 nitrogen and oxygen atoms in total. The molecule has 0 radical (unpaired) electrons. The van der Waals surface area contributed by atoms with E-state index < -0.39 is 0 Å². The van der Waals surface area contributed by atoms with Crippen LogP contribution >= 0.6 is 11.3 Å². The summed E-state index contributed by atoms with van der Waals surface area (Å²) in [4.78, 5) is 9.18. The third-order valence-electron chi connectivity index (χ3n) is 2.01. The number of aromatic nitrogens is 3. The van der Waals surface area contributed by atoms with Crippen molar-refractivity contribution in [1.82, 2.24) is 15.1 Å². The molecule has 0 saturated carbocycles. The molecule has 7 heteroatoms. The first-order chi connectivity index (χ1) is 7.70. The lowest BCUT2D eigenvalue weighted by molar-refractivity contribution is 0.199. The van der Waals surface area contributed by atoms with Crippen LogP contribution in [-0.2, 0) is 11.2 Å². The summed E-state index contributed by atoms with van der Waals surface area (Å²) < 4.78 is 10.1. The van der Waals surface area contributed by atoms with Crippen molar-refractivity contribution in [1.29, 1.82) is 0 Å². The largest absolute Gasteiger partial charge is 0.384 e. The number of methoxy groups -OCH3 is 1. The van der Waals surface area contributed by atoms with Crippen molar-refractivity contribution in [2.24, 2.45) is 0 Å². The topological polar surface area (TPSA) is 87.1 Å². The molecule has 0 fully saturated rings. The lowest BCUT2D eigenvalue weighted by atomic mass is 10.4. The number of hydrogen-bond donors (Lipinski definition) is 1. The molecule has 0 aromatic carbocycles. The lowest BCUT2D eigenvalue weighted by Gasteiger charge is -1.90. The number of nitrogens with two attached hydrogens (primary N) is 1. The summed E-state index contributed by atoms with van der Waals surface area (Å²) >= 11 is 1.34. The van der Waals surface area contributed by atoms with Gasteiger partial charge in [-0.05, 0) is 6.92 Å². The fourth-order valence-electron chi connectivity index (χ4n) is 1.26. The van der Waals surface area contributed by atoms with Crippen molar-refractivity contribution in [3.8, 4) is 10.8 Å². The van der Waals surface area contributed by atoms with Gasteiger partial charge >= 0.3 is 0 Å². The standard InChI is InChI=1S/C9H12N4O2S/c1-5-7(16-9(10)11-5)8-12-6(13-15-8)3-4-14-2/h3-4H2,1-2H3,(H2,10,11). The maximum Gasteiger partial charge on any atom is 0.269 e. The van der Waals surface area contributed by atoms with Gasteiger partial charge in [-0.15, -0.1) is 0 Å². The highest BCUT2D eigenvalue weighted by molar-refractivity contribution is 7.18. The molecule has 86 valence electrons. The summed E-state index contributed by atoms with van der Waals surface area (Å²) in [7, 11) is 1.63. The van der Waals surface area contributed by atoms with Crippen molar-refractivity contribution in [2.45, 2.75) is 13.3 Å². The number of nitrogens with zero attached hydrogens (tertiary/aromatic N) is 3. The molecule has 2 heterocycles. The zero-order valence-corrected chi connectivity index (χ0v) is 9.87. The van der Waals surface area contributed by atoms with Crippen LogP contribution < -0.4 is 5.73 Å². The zero-order chi connectivity index (χ0) is 11.5. The molecular weight excluding hydrogens is 228 g/mol. The van der Waals surface area contributed by atoms with Gasteiger partial charge in [0.2, 0.25) is 0 Å². The SMILES string of the molecule is COCCc1noc(-c2sc(N)nc2C)n1. The van der Waals surface area contributed by atoms with Gasteiger partial charge < -0.3 is 15.0 Å². The van der Waals surface area contributed by atoms with Crippen molar-refractivity contribution < 1.29 is 9.26 Å². The smallest absolute Gasteiger partial charge is 0.269 e. The molecule has 2 aromatic rings. The molecule has 0 aliphatic heterocycles. The first kappa shape index (κ1) is 11.0. The molecule has 0 aliphatic carbocycles. The second-order valence-electron chi connectivity index (χ2n) is 3.23. The Hall–Kier alpha value is -1.47. The molecule has 2 rings (SSSR count). The Labute approximate surface area is 96.4 Å². The minimum atomic E-state index is 0.470. The Kier molecular flexibility index (Phi) is 3.16. The van der Waals surface area contributed by atoms with Crippen LogP contribution in [0.15, 0.2) is 4.52 Å². The Bertz CT molecular complexity index is 480. The maximum atomic E-state index is 5.60. The minimum Gasteiger partial charge on any atom is -0.384 e. The predicted octanol–water partition coefficient (Wildman–Crippen LogP) is 1.27. The van der Waals surface area contributed by atoms with Gasteiger partial charge in [0.15, 0.2) is 11.0 Å². The van der Waals surface area contributed by atoms with Crippen LogP contribution in [0.3, 0.4) is 0 Å². The zero-order valence-electron chi connectivity index (χ0n) is 9.06. The molecule has 2 aromatic heterocycles. The van der Waals surface area contributed by atoms with Gasteiger partial charge in [0, 0.05) is 13.5 Å². The number of anilines is 1. The van der Waals surface area contributed by atoms with Crippen LogP contribution in [0, 0.1) is 6.92 Å². The summed E-state index contributed by atoms with van der Waals surface area (Å²) in [6.07, 6.45) is 0.632. The van der Waals surface area contributed by atoms with E-state index in [4.69, 9.17) is 15.0 Å². The summed E-state index contributed by atoms with van der Waals surface area (Å²) in [5.74, 6) is 1.10. The summed E-state index contributed by atoms with van der Waals surface area (Å²) in [5, 5.41) is 4.36. The highest BCUT2D eigenvalue weighted by Gasteiger charge is 2.15. The summed E-state index contributed by atoms with van der Waals surface area (Å²) in [5.41, 5.74) is 6.41. The minimum absolute atomic E-state index is 0.470. The van der Waals surface area contributed by atoms with E-state index in [1.807, 2.05) is 6.92 Å². The van der Waals surface area contributed by atoms with E-state index in [0.29, 0.717) is 29.9 Å². The molecule has 16 heavy (non-hydrogen) atoms. The van der Waals surface area contributed by atoms with E-state index >= 15 is 0 Å². The first-order valence-corrected chi connectivity index (χ1v) is 5.57. The Morgan fingerprint density at radius 2 is 2.25 bits per heavy atom. The van der Waals surface area contributed by atoms with Gasteiger partial charge in [0.25, 0.3) is 5.89 Å². The van der Waals surface area contributed by atoms with E-state index in [0.717, 1.165) is 10.6 Å². The number of aryl methyl sites for hydroxylation is 1. The molecule has 0 bridgehead atoms. The van der Waals surface area contributed by atoms with Crippen LogP contribution in [0.1, 0.15) is 11.5 Å². The third kappa shape index (κ3) is 2.20. The number of ether oxygens (including phenoxy) is 1. The Morgan fingerprint density at radius 1 is 1.44 bits per heavy atom. The number of nitrogen functional groups attached to an aromatic ring is 1. The van der Waals surface area contributed by atoms with Crippen molar-refractivity contribution in [2.75, 3.05) is 19.5 Å². The average molecular weight is 240 g/mol. The lowest BCUT2D eigenvalue weighted by Crippen LogP contribution is -1.96. The van der Waals surface area contributed by atoms with Gasteiger partial charge in [0.05, 0.1) is 12.3 Å². The van der Waals surface area contributed by atoms with E-state index in [-0.39, 0.29) is 0 Å².